The fourth-order valence-electron chi connectivity index (χ4n) is 3.31. The highest BCUT2D eigenvalue weighted by Gasteiger charge is 2.30. The first-order valence-electron chi connectivity index (χ1n) is 9.80. The molecule has 0 radical (unpaired) electrons. The molecule has 3 rings (SSSR count). The Kier molecular flexibility index (Phi) is 7.35. The van der Waals surface area contributed by atoms with Gasteiger partial charge in [-0.2, -0.15) is 0 Å². The van der Waals surface area contributed by atoms with Crippen molar-refractivity contribution in [2.75, 3.05) is 37.0 Å². The Balaban J connectivity index is 2.19. The normalized spacial score (nSPS) is 11.0. The number of rotatable bonds is 9. The molecule has 0 saturated heterocycles. The van der Waals surface area contributed by atoms with Gasteiger partial charge in [0, 0.05) is 23.8 Å². The first-order valence-corrected chi connectivity index (χ1v) is 11.6. The molecule has 8 nitrogen and oxygen atoms in total. The first kappa shape index (κ1) is 24.2. The smallest absolute Gasteiger partial charge is 0.265 e. The summed E-state index contributed by atoms with van der Waals surface area (Å²) in [6.07, 6.45) is 0. The lowest BCUT2D eigenvalue weighted by molar-refractivity contribution is -0.116. The van der Waals surface area contributed by atoms with Crippen LogP contribution >= 0.6 is 11.6 Å². The number of methoxy groups -OCH3 is 2. The number of para-hydroxylation sites is 1. The number of nitrogens with two attached hydrogens (primary N) is 1. The maximum absolute atomic E-state index is 13.7. The Morgan fingerprint density at radius 1 is 0.939 bits per heavy atom. The van der Waals surface area contributed by atoms with Crippen LogP contribution in [-0.4, -0.2) is 42.1 Å². The maximum Gasteiger partial charge on any atom is 0.265 e. The van der Waals surface area contributed by atoms with Crippen LogP contribution in [0.15, 0.2) is 71.6 Å². The van der Waals surface area contributed by atoms with Gasteiger partial charge in [-0.1, -0.05) is 29.8 Å². The van der Waals surface area contributed by atoms with E-state index in [1.54, 1.807) is 30.1 Å². The number of primary amides is 1. The van der Waals surface area contributed by atoms with Crippen molar-refractivity contribution in [3.8, 4) is 11.5 Å². The highest BCUT2D eigenvalue weighted by atomic mass is 35.5. The molecule has 0 fully saturated rings. The number of hydrogen-bond donors (Lipinski definition) is 1. The minimum atomic E-state index is -4.23. The second-order valence-corrected chi connectivity index (χ2v) is 9.32. The zero-order chi connectivity index (χ0) is 24.2. The predicted octanol–water partition coefficient (Wildman–Crippen LogP) is 3.81. The van der Waals surface area contributed by atoms with Crippen LogP contribution in [0.3, 0.4) is 0 Å². The van der Waals surface area contributed by atoms with Gasteiger partial charge in [0.25, 0.3) is 10.0 Å². The van der Waals surface area contributed by atoms with Gasteiger partial charge in [0.05, 0.1) is 30.5 Å². The van der Waals surface area contributed by atoms with Gasteiger partial charge in [0.2, 0.25) is 5.91 Å². The van der Waals surface area contributed by atoms with Gasteiger partial charge in [-0.05, 0) is 42.5 Å². The molecule has 0 spiro atoms. The standard InChI is InChI=1S/C23H24ClN3O5S/c1-26(17-7-5-4-6-8-17)20-13-16(24)9-11-19(20)27(15-23(25)28)33(29,30)18-10-12-21(31-2)22(14-18)32-3/h4-14H,15H2,1-3H3,(H2,25,28). The molecule has 10 heteroatoms. The van der Waals surface area contributed by atoms with Crippen LogP contribution in [0.25, 0.3) is 0 Å². The van der Waals surface area contributed by atoms with Crippen LogP contribution < -0.4 is 24.4 Å². The van der Waals surface area contributed by atoms with E-state index in [-0.39, 0.29) is 16.3 Å². The molecule has 0 unspecified atom stereocenters. The molecular formula is C23H24ClN3O5S. The Morgan fingerprint density at radius 2 is 1.61 bits per heavy atom. The molecule has 0 aliphatic rings. The summed E-state index contributed by atoms with van der Waals surface area (Å²) in [6.45, 7) is -0.575. The van der Waals surface area contributed by atoms with Gasteiger partial charge in [-0.15, -0.1) is 0 Å². The van der Waals surface area contributed by atoms with E-state index in [1.165, 1.54) is 32.4 Å². The van der Waals surface area contributed by atoms with Crippen LogP contribution in [-0.2, 0) is 14.8 Å². The Morgan fingerprint density at radius 3 is 2.21 bits per heavy atom. The van der Waals surface area contributed by atoms with Gasteiger partial charge in [0.15, 0.2) is 11.5 Å². The molecule has 0 aliphatic heterocycles. The molecule has 3 aromatic rings. The van der Waals surface area contributed by atoms with E-state index in [2.05, 4.69) is 0 Å². The van der Waals surface area contributed by atoms with Crippen LogP contribution in [0.1, 0.15) is 0 Å². The van der Waals surface area contributed by atoms with E-state index in [9.17, 15) is 13.2 Å². The number of halogens is 1. The molecule has 3 aromatic carbocycles. The summed E-state index contributed by atoms with van der Waals surface area (Å²) in [5, 5.41) is 0.402. The number of hydrogen-bond acceptors (Lipinski definition) is 6. The zero-order valence-electron chi connectivity index (χ0n) is 18.4. The van der Waals surface area contributed by atoms with E-state index >= 15 is 0 Å². The van der Waals surface area contributed by atoms with Crippen LogP contribution in [0.4, 0.5) is 17.1 Å². The summed E-state index contributed by atoms with van der Waals surface area (Å²) in [5.41, 5.74) is 6.95. The summed E-state index contributed by atoms with van der Waals surface area (Å²) >= 11 is 6.25. The highest BCUT2D eigenvalue weighted by Crippen LogP contribution is 2.39. The monoisotopic (exact) mass is 489 g/mol. The number of nitrogens with zero attached hydrogens (tertiary/aromatic N) is 2. The molecule has 174 valence electrons. The summed E-state index contributed by atoms with van der Waals surface area (Å²) in [6, 6.07) is 18.2. The van der Waals surface area contributed by atoms with Crippen molar-refractivity contribution in [1.29, 1.82) is 0 Å². The Hall–Kier alpha value is -3.43. The Bertz CT molecular complexity index is 1250. The van der Waals surface area contributed by atoms with Crippen molar-refractivity contribution >= 4 is 44.6 Å². The topological polar surface area (TPSA) is 102 Å². The van der Waals surface area contributed by atoms with Gasteiger partial charge < -0.3 is 20.1 Å². The number of ether oxygens (including phenoxy) is 2. The maximum atomic E-state index is 13.7. The lowest BCUT2D eigenvalue weighted by atomic mass is 10.2. The van der Waals surface area contributed by atoms with Gasteiger partial charge >= 0.3 is 0 Å². The van der Waals surface area contributed by atoms with Crippen molar-refractivity contribution in [2.45, 2.75) is 4.90 Å². The molecule has 0 heterocycles. The largest absolute Gasteiger partial charge is 0.493 e. The highest BCUT2D eigenvalue weighted by molar-refractivity contribution is 7.92. The van der Waals surface area contributed by atoms with Crippen molar-refractivity contribution < 1.29 is 22.7 Å². The van der Waals surface area contributed by atoms with Gasteiger partial charge in [0.1, 0.15) is 6.54 Å². The quantitative estimate of drug-likeness (QED) is 0.490. The number of benzene rings is 3. The van der Waals surface area contributed by atoms with Crippen molar-refractivity contribution in [3.63, 3.8) is 0 Å². The summed E-state index contributed by atoms with van der Waals surface area (Å²) in [7, 11) is 0.397. The van der Waals surface area contributed by atoms with Crippen LogP contribution in [0, 0.1) is 0 Å². The van der Waals surface area contributed by atoms with E-state index in [1.807, 2.05) is 30.3 Å². The lowest BCUT2D eigenvalue weighted by Gasteiger charge is -2.30. The summed E-state index contributed by atoms with van der Waals surface area (Å²) in [5.74, 6) is -0.216. The van der Waals surface area contributed by atoms with Crippen LogP contribution in [0.5, 0.6) is 11.5 Å². The second kappa shape index (κ2) is 10.0. The number of carbonyl (C=O) groups excluding carboxylic acids is 1. The zero-order valence-corrected chi connectivity index (χ0v) is 19.9. The second-order valence-electron chi connectivity index (χ2n) is 7.02. The molecule has 1 amide bonds. The van der Waals surface area contributed by atoms with E-state index in [0.717, 1.165) is 9.99 Å². The number of anilines is 3. The number of sulfonamides is 1. The third-order valence-electron chi connectivity index (χ3n) is 4.95. The molecule has 0 bridgehead atoms. The summed E-state index contributed by atoms with van der Waals surface area (Å²) in [4.78, 5) is 13.6. The molecule has 0 aromatic heterocycles. The third kappa shape index (κ3) is 5.15. The number of amides is 1. The first-order chi connectivity index (χ1) is 15.7. The summed E-state index contributed by atoms with van der Waals surface area (Å²) < 4.78 is 38.8. The average Bonchev–Trinajstić information content (AvgIpc) is 2.82. The fourth-order valence-corrected chi connectivity index (χ4v) is 4.94. The molecule has 0 saturated carbocycles. The molecule has 2 N–H and O–H groups in total. The molecule has 33 heavy (non-hydrogen) atoms. The van der Waals surface area contributed by atoms with E-state index < -0.39 is 22.5 Å². The predicted molar refractivity (Wildman–Crippen MR) is 129 cm³/mol. The van der Waals surface area contributed by atoms with Crippen molar-refractivity contribution in [1.82, 2.24) is 0 Å². The minimum absolute atomic E-state index is 0.0929. The van der Waals surface area contributed by atoms with Crippen LogP contribution in [0.2, 0.25) is 5.02 Å². The van der Waals surface area contributed by atoms with Gasteiger partial charge in [-0.25, -0.2) is 8.42 Å². The van der Waals surface area contributed by atoms with E-state index in [0.29, 0.717) is 16.5 Å². The third-order valence-corrected chi connectivity index (χ3v) is 6.94. The SMILES string of the molecule is COc1ccc(S(=O)(=O)N(CC(N)=O)c2ccc(Cl)cc2N(C)c2ccccc2)cc1OC. The fraction of sp³-hybridized carbons (Fsp3) is 0.174. The molecule has 0 aliphatic carbocycles. The molecule has 0 atom stereocenters. The average molecular weight is 490 g/mol. The van der Waals surface area contributed by atoms with Crippen molar-refractivity contribution in [2.24, 2.45) is 5.73 Å². The van der Waals surface area contributed by atoms with Gasteiger partial charge in [-0.3, -0.25) is 9.10 Å². The minimum Gasteiger partial charge on any atom is -0.493 e. The molecular weight excluding hydrogens is 466 g/mol. The van der Waals surface area contributed by atoms with Crippen molar-refractivity contribution in [3.05, 3.63) is 71.8 Å². The number of carbonyl (C=O) groups is 1. The van der Waals surface area contributed by atoms with E-state index in [4.69, 9.17) is 26.8 Å². The lowest BCUT2D eigenvalue weighted by Crippen LogP contribution is -2.39. The Labute approximate surface area is 198 Å².